The molecule has 0 aliphatic rings. The molecular weight excluding hydrogens is 228 g/mol. The molecule has 5 N–H and O–H groups in total. The quantitative estimate of drug-likeness (QED) is 0.577. The predicted octanol–water partition coefficient (Wildman–Crippen LogP) is 0.502. The smallest absolute Gasteiger partial charge is 0.252 e. The van der Waals surface area contributed by atoms with Crippen molar-refractivity contribution in [3.8, 4) is 11.5 Å². The average molecular weight is 240 g/mol. The highest BCUT2D eigenvalue weighted by Gasteiger charge is 2.12. The number of amides is 1. The summed E-state index contributed by atoms with van der Waals surface area (Å²) in [6.07, 6.45) is 0. The molecule has 0 fully saturated rings. The van der Waals surface area contributed by atoms with Gasteiger partial charge in [0.2, 0.25) is 0 Å². The summed E-state index contributed by atoms with van der Waals surface area (Å²) in [4.78, 5) is 11.8. The fraction of sp³-hybridized carbons (Fsp3) is 0.200. The Hall–Kier alpha value is -1.82. The van der Waals surface area contributed by atoms with Crippen molar-refractivity contribution in [2.75, 3.05) is 0 Å². The van der Waals surface area contributed by atoms with Gasteiger partial charge in [-0.25, -0.2) is 0 Å². The largest absolute Gasteiger partial charge is 0.508 e. The van der Waals surface area contributed by atoms with E-state index in [4.69, 9.17) is 18.0 Å². The van der Waals surface area contributed by atoms with E-state index < -0.39 is 11.9 Å². The lowest BCUT2D eigenvalue weighted by Crippen LogP contribution is -2.41. The maximum Gasteiger partial charge on any atom is 0.252 e. The summed E-state index contributed by atoms with van der Waals surface area (Å²) >= 11 is 4.70. The normalized spacial score (nSPS) is 11.8. The number of hydrogen-bond acceptors (Lipinski definition) is 4. The number of hydrogen-bond donors (Lipinski definition) is 4. The van der Waals surface area contributed by atoms with E-state index in [2.05, 4.69) is 5.32 Å². The van der Waals surface area contributed by atoms with Gasteiger partial charge in [-0.1, -0.05) is 12.2 Å². The van der Waals surface area contributed by atoms with Crippen LogP contribution in [0.5, 0.6) is 11.5 Å². The van der Waals surface area contributed by atoms with Crippen LogP contribution in [0.3, 0.4) is 0 Å². The molecule has 1 aromatic carbocycles. The number of phenols is 2. The number of phenolic OH excluding ortho intramolecular Hbond substituents is 2. The van der Waals surface area contributed by atoms with E-state index in [1.807, 2.05) is 0 Å². The van der Waals surface area contributed by atoms with Gasteiger partial charge in [-0.2, -0.15) is 0 Å². The van der Waals surface area contributed by atoms with Gasteiger partial charge in [0.15, 0.2) is 0 Å². The zero-order chi connectivity index (χ0) is 12.3. The van der Waals surface area contributed by atoms with E-state index in [-0.39, 0.29) is 22.1 Å². The zero-order valence-electron chi connectivity index (χ0n) is 8.60. The Morgan fingerprint density at radius 3 is 2.31 bits per heavy atom. The van der Waals surface area contributed by atoms with Crippen LogP contribution in [0.4, 0.5) is 0 Å². The van der Waals surface area contributed by atoms with Crippen LogP contribution in [-0.4, -0.2) is 27.2 Å². The molecule has 0 radical (unpaired) electrons. The highest BCUT2D eigenvalue weighted by Crippen LogP contribution is 2.20. The molecule has 1 amide bonds. The molecule has 1 atom stereocenters. The fourth-order valence-electron chi connectivity index (χ4n) is 1.08. The van der Waals surface area contributed by atoms with Crippen molar-refractivity contribution in [2.45, 2.75) is 13.0 Å². The van der Waals surface area contributed by atoms with Crippen molar-refractivity contribution in [3.63, 3.8) is 0 Å². The van der Waals surface area contributed by atoms with Gasteiger partial charge in [0, 0.05) is 11.6 Å². The van der Waals surface area contributed by atoms with Crippen LogP contribution < -0.4 is 11.1 Å². The Kier molecular flexibility index (Phi) is 3.68. The van der Waals surface area contributed by atoms with Crippen molar-refractivity contribution in [3.05, 3.63) is 23.8 Å². The number of aromatic hydroxyl groups is 2. The van der Waals surface area contributed by atoms with Gasteiger partial charge in [0.05, 0.1) is 11.0 Å². The van der Waals surface area contributed by atoms with Gasteiger partial charge in [-0.05, 0) is 19.1 Å². The summed E-state index contributed by atoms with van der Waals surface area (Å²) in [5.74, 6) is -0.840. The van der Waals surface area contributed by atoms with E-state index in [1.165, 1.54) is 12.1 Å². The molecule has 86 valence electrons. The molecule has 0 spiro atoms. The third kappa shape index (κ3) is 3.09. The van der Waals surface area contributed by atoms with E-state index >= 15 is 0 Å². The summed E-state index contributed by atoms with van der Waals surface area (Å²) < 4.78 is 0. The number of carbonyl (C=O) groups is 1. The molecule has 6 heteroatoms. The van der Waals surface area contributed by atoms with Crippen LogP contribution >= 0.6 is 12.2 Å². The first kappa shape index (κ1) is 12.3. The molecule has 0 heterocycles. The number of thiocarbonyl (C=S) groups is 1. The Labute approximate surface area is 97.9 Å². The fourth-order valence-corrected chi connectivity index (χ4v) is 1.14. The maximum atomic E-state index is 11.6. The molecule has 1 rings (SSSR count). The number of nitrogens with one attached hydrogen (secondary N) is 1. The van der Waals surface area contributed by atoms with E-state index in [0.717, 1.165) is 6.07 Å². The summed E-state index contributed by atoms with van der Waals surface area (Å²) in [5.41, 5.74) is 5.48. The standard InChI is InChI=1S/C10H12N2O3S/c1-5(9(11)16)12-10(15)6-2-7(13)4-8(14)3-6/h2-5,13-14H,1H3,(H2,11,16)(H,12,15). The van der Waals surface area contributed by atoms with Crippen molar-refractivity contribution < 1.29 is 15.0 Å². The number of nitrogens with two attached hydrogens (primary N) is 1. The summed E-state index contributed by atoms with van der Waals surface area (Å²) in [5, 5.41) is 20.9. The molecule has 0 aliphatic carbocycles. The van der Waals surface area contributed by atoms with Gasteiger partial charge >= 0.3 is 0 Å². The Morgan fingerprint density at radius 2 is 1.88 bits per heavy atom. The molecule has 1 aromatic rings. The molecular formula is C10H12N2O3S. The molecule has 0 aromatic heterocycles. The second-order valence-corrected chi connectivity index (χ2v) is 3.81. The Bertz CT molecular complexity index is 414. The average Bonchev–Trinajstić information content (AvgIpc) is 2.15. The second kappa shape index (κ2) is 4.80. The first-order valence-electron chi connectivity index (χ1n) is 4.53. The number of rotatable bonds is 3. The van der Waals surface area contributed by atoms with Crippen molar-refractivity contribution in [1.29, 1.82) is 0 Å². The zero-order valence-corrected chi connectivity index (χ0v) is 9.41. The topological polar surface area (TPSA) is 95.6 Å². The molecule has 0 bridgehead atoms. The third-order valence-electron chi connectivity index (χ3n) is 1.94. The van der Waals surface area contributed by atoms with Gasteiger partial charge in [-0.3, -0.25) is 4.79 Å². The van der Waals surface area contributed by atoms with Crippen LogP contribution in [-0.2, 0) is 0 Å². The highest BCUT2D eigenvalue weighted by atomic mass is 32.1. The monoisotopic (exact) mass is 240 g/mol. The number of benzene rings is 1. The van der Waals surface area contributed by atoms with Crippen molar-refractivity contribution in [2.24, 2.45) is 5.73 Å². The minimum atomic E-state index is -0.466. The van der Waals surface area contributed by atoms with Crippen molar-refractivity contribution in [1.82, 2.24) is 5.32 Å². The molecule has 5 nitrogen and oxygen atoms in total. The first-order valence-corrected chi connectivity index (χ1v) is 4.94. The van der Waals surface area contributed by atoms with Crippen LogP contribution in [0.1, 0.15) is 17.3 Å². The molecule has 0 saturated heterocycles. The summed E-state index contributed by atoms with van der Waals surface area (Å²) in [6.45, 7) is 1.64. The highest BCUT2D eigenvalue weighted by molar-refractivity contribution is 7.80. The van der Waals surface area contributed by atoms with Gasteiger partial charge in [-0.15, -0.1) is 0 Å². The molecule has 1 unspecified atom stereocenters. The lowest BCUT2D eigenvalue weighted by molar-refractivity contribution is 0.0948. The van der Waals surface area contributed by atoms with Crippen molar-refractivity contribution >= 4 is 23.1 Å². The summed E-state index contributed by atoms with van der Waals surface area (Å²) in [7, 11) is 0. The molecule has 16 heavy (non-hydrogen) atoms. The van der Waals surface area contributed by atoms with Gasteiger partial charge in [0.1, 0.15) is 11.5 Å². The van der Waals surface area contributed by atoms with Crippen LogP contribution in [0, 0.1) is 0 Å². The Morgan fingerprint density at radius 1 is 1.38 bits per heavy atom. The van der Waals surface area contributed by atoms with E-state index in [0.29, 0.717) is 0 Å². The van der Waals surface area contributed by atoms with E-state index in [1.54, 1.807) is 6.92 Å². The predicted molar refractivity (Wildman–Crippen MR) is 63.5 cm³/mol. The number of carbonyl (C=O) groups excluding carboxylic acids is 1. The Balaban J connectivity index is 2.84. The van der Waals surface area contributed by atoms with Gasteiger partial charge < -0.3 is 21.3 Å². The van der Waals surface area contributed by atoms with Gasteiger partial charge in [0.25, 0.3) is 5.91 Å². The molecule has 0 saturated carbocycles. The second-order valence-electron chi connectivity index (χ2n) is 3.34. The van der Waals surface area contributed by atoms with Crippen LogP contribution in [0.2, 0.25) is 0 Å². The minimum Gasteiger partial charge on any atom is -0.508 e. The molecule has 0 aliphatic heterocycles. The first-order chi connectivity index (χ1) is 7.40. The lowest BCUT2D eigenvalue weighted by atomic mass is 10.1. The summed E-state index contributed by atoms with van der Waals surface area (Å²) in [6, 6.07) is 3.16. The lowest BCUT2D eigenvalue weighted by Gasteiger charge is -2.12. The maximum absolute atomic E-state index is 11.6. The van der Waals surface area contributed by atoms with Crippen LogP contribution in [0.25, 0.3) is 0 Å². The third-order valence-corrected chi connectivity index (χ3v) is 2.29. The van der Waals surface area contributed by atoms with Crippen LogP contribution in [0.15, 0.2) is 18.2 Å². The minimum absolute atomic E-state index is 0.139. The van der Waals surface area contributed by atoms with E-state index in [9.17, 15) is 15.0 Å². The SMILES string of the molecule is CC(NC(=O)c1cc(O)cc(O)c1)C(N)=S.